The van der Waals surface area contributed by atoms with E-state index in [1.807, 2.05) is 6.92 Å². The average molecular weight is 187 g/mol. The Kier molecular flexibility index (Phi) is 5.39. The van der Waals surface area contributed by atoms with Gasteiger partial charge in [-0.05, 0) is 6.92 Å². The number of hydrogen-bond acceptors (Lipinski definition) is 1. The van der Waals surface area contributed by atoms with Crippen LogP contribution in [0.2, 0.25) is 0 Å². The highest BCUT2D eigenvalue weighted by Crippen LogP contribution is 1.95. The summed E-state index contributed by atoms with van der Waals surface area (Å²) >= 11 is 8.46. The molecule has 1 atom stereocenters. The molecular weight excluding hydrogens is 179 g/mol. The van der Waals surface area contributed by atoms with Gasteiger partial charge in [-0.3, -0.25) is 0 Å². The predicted molar refractivity (Wildman–Crippen MR) is 35.1 cm³/mol. The maximum Gasteiger partial charge on any atom is 0.121 e. The zero-order valence-corrected chi connectivity index (χ0v) is 6.50. The summed E-state index contributed by atoms with van der Waals surface area (Å²) < 4.78 is 4.91. The van der Waals surface area contributed by atoms with E-state index >= 15 is 0 Å². The lowest BCUT2D eigenvalue weighted by Gasteiger charge is -2.03. The van der Waals surface area contributed by atoms with Crippen molar-refractivity contribution in [3.8, 4) is 0 Å². The molecule has 7 heavy (non-hydrogen) atoms. The zero-order valence-electron chi connectivity index (χ0n) is 4.16. The normalized spacial score (nSPS) is 14.1. The largest absolute Gasteiger partial charge is 0.362 e. The monoisotopic (exact) mass is 186 g/mol. The van der Waals surface area contributed by atoms with Gasteiger partial charge >= 0.3 is 0 Å². The summed E-state index contributed by atoms with van der Waals surface area (Å²) in [7, 11) is 0. The first-order valence-corrected chi connectivity index (χ1v) is 3.70. The van der Waals surface area contributed by atoms with E-state index in [1.165, 1.54) is 0 Å². The van der Waals surface area contributed by atoms with E-state index in [0.29, 0.717) is 0 Å². The quantitative estimate of drug-likeness (QED) is 0.614. The molecule has 0 bridgehead atoms. The van der Waals surface area contributed by atoms with Crippen molar-refractivity contribution in [3.05, 3.63) is 0 Å². The van der Waals surface area contributed by atoms with E-state index < -0.39 is 0 Å². The minimum Gasteiger partial charge on any atom is -0.362 e. The van der Waals surface area contributed by atoms with Crippen LogP contribution in [-0.4, -0.2) is 17.5 Å². The van der Waals surface area contributed by atoms with Gasteiger partial charge < -0.3 is 4.74 Å². The van der Waals surface area contributed by atoms with Gasteiger partial charge in [0.25, 0.3) is 0 Å². The molecule has 0 aromatic rings. The molecule has 0 aliphatic rings. The van der Waals surface area contributed by atoms with Crippen molar-refractivity contribution in [2.24, 2.45) is 0 Å². The van der Waals surface area contributed by atoms with Crippen LogP contribution in [0.3, 0.4) is 0 Å². The molecule has 0 N–H and O–H groups in total. The minimum absolute atomic E-state index is 0.234. The van der Waals surface area contributed by atoms with Crippen molar-refractivity contribution in [2.75, 3.05) is 11.4 Å². The maximum absolute atomic E-state index is 5.23. The topological polar surface area (TPSA) is 9.23 Å². The standard InChI is InChI=1S/C4H8BrClO/c1-4(2-5)7-3-6/h4H,2-3H2,1H3. The smallest absolute Gasteiger partial charge is 0.121 e. The minimum atomic E-state index is 0.234. The molecule has 1 nitrogen and oxygen atoms in total. The summed E-state index contributed by atoms with van der Waals surface area (Å²) in [6.07, 6.45) is 0.234. The van der Waals surface area contributed by atoms with Gasteiger partial charge in [0.1, 0.15) is 6.07 Å². The first-order chi connectivity index (χ1) is 3.31. The highest BCUT2D eigenvalue weighted by Gasteiger charge is 1.94. The molecule has 0 rings (SSSR count). The van der Waals surface area contributed by atoms with Crippen LogP contribution >= 0.6 is 27.5 Å². The van der Waals surface area contributed by atoms with Crippen LogP contribution in [0.25, 0.3) is 0 Å². The second kappa shape index (κ2) is 4.88. The van der Waals surface area contributed by atoms with E-state index in [1.54, 1.807) is 0 Å². The second-order valence-electron chi connectivity index (χ2n) is 1.24. The molecule has 0 aromatic heterocycles. The van der Waals surface area contributed by atoms with Gasteiger partial charge in [0.05, 0.1) is 6.10 Å². The average Bonchev–Trinajstić information content (AvgIpc) is 1.68. The molecule has 3 heteroatoms. The zero-order chi connectivity index (χ0) is 5.70. The summed E-state index contributed by atoms with van der Waals surface area (Å²) in [5, 5.41) is 0.847. The van der Waals surface area contributed by atoms with E-state index in [0.717, 1.165) is 5.33 Å². The molecule has 0 aromatic carbocycles. The molecule has 0 fully saturated rings. The van der Waals surface area contributed by atoms with Crippen molar-refractivity contribution < 1.29 is 4.74 Å². The van der Waals surface area contributed by atoms with Gasteiger partial charge in [-0.2, -0.15) is 0 Å². The molecule has 0 saturated carbocycles. The lowest BCUT2D eigenvalue weighted by atomic mass is 10.5. The Hall–Kier alpha value is 0.730. The fourth-order valence-electron chi connectivity index (χ4n) is 0.152. The van der Waals surface area contributed by atoms with Crippen LogP contribution in [0.1, 0.15) is 6.92 Å². The number of halogens is 2. The maximum atomic E-state index is 5.23. The molecule has 0 spiro atoms. The summed E-state index contributed by atoms with van der Waals surface area (Å²) in [6, 6.07) is 0.284. The van der Waals surface area contributed by atoms with Crippen molar-refractivity contribution in [1.29, 1.82) is 0 Å². The highest BCUT2D eigenvalue weighted by atomic mass is 79.9. The molecule has 0 heterocycles. The van der Waals surface area contributed by atoms with E-state index in [4.69, 9.17) is 16.3 Å². The fourth-order valence-corrected chi connectivity index (χ4v) is 0.554. The summed E-state index contributed by atoms with van der Waals surface area (Å²) in [5.41, 5.74) is 0. The summed E-state index contributed by atoms with van der Waals surface area (Å²) in [6.45, 7) is 1.96. The number of alkyl halides is 2. The summed E-state index contributed by atoms with van der Waals surface area (Å²) in [5.74, 6) is 0. The van der Waals surface area contributed by atoms with E-state index in [9.17, 15) is 0 Å². The van der Waals surface area contributed by atoms with Crippen molar-refractivity contribution in [1.82, 2.24) is 0 Å². The van der Waals surface area contributed by atoms with Gasteiger partial charge in [0.15, 0.2) is 0 Å². The van der Waals surface area contributed by atoms with E-state index in [2.05, 4.69) is 15.9 Å². The molecule has 0 aliphatic heterocycles. The number of rotatable bonds is 3. The van der Waals surface area contributed by atoms with E-state index in [-0.39, 0.29) is 12.2 Å². The Bertz CT molecular complexity index is 42.7. The lowest BCUT2D eigenvalue weighted by Crippen LogP contribution is -2.07. The second-order valence-corrected chi connectivity index (χ2v) is 2.11. The molecule has 1 unspecified atom stereocenters. The van der Waals surface area contributed by atoms with Crippen LogP contribution in [0.4, 0.5) is 0 Å². The van der Waals surface area contributed by atoms with Gasteiger partial charge in [-0.1, -0.05) is 27.5 Å². The first-order valence-electron chi connectivity index (χ1n) is 2.04. The van der Waals surface area contributed by atoms with Crippen LogP contribution in [0.5, 0.6) is 0 Å². The van der Waals surface area contributed by atoms with Gasteiger partial charge in [-0.15, -0.1) is 0 Å². The van der Waals surface area contributed by atoms with Gasteiger partial charge in [-0.25, -0.2) is 0 Å². The van der Waals surface area contributed by atoms with Crippen LogP contribution in [-0.2, 0) is 4.74 Å². The van der Waals surface area contributed by atoms with Crippen LogP contribution < -0.4 is 0 Å². The Morgan fingerprint density at radius 1 is 1.86 bits per heavy atom. The number of hydrogen-bond donors (Lipinski definition) is 0. The Balaban J connectivity index is 2.83. The lowest BCUT2D eigenvalue weighted by molar-refractivity contribution is 0.121. The molecule has 0 amide bonds. The third-order valence-corrected chi connectivity index (χ3v) is 1.60. The molecule has 0 aliphatic carbocycles. The fraction of sp³-hybridized carbons (Fsp3) is 1.00. The Morgan fingerprint density at radius 2 is 2.43 bits per heavy atom. The van der Waals surface area contributed by atoms with Crippen molar-refractivity contribution in [3.63, 3.8) is 0 Å². The third kappa shape index (κ3) is 4.59. The van der Waals surface area contributed by atoms with Crippen molar-refractivity contribution in [2.45, 2.75) is 13.0 Å². The van der Waals surface area contributed by atoms with Crippen LogP contribution in [0.15, 0.2) is 0 Å². The first kappa shape index (κ1) is 7.73. The number of ether oxygens (including phenoxy) is 1. The van der Waals surface area contributed by atoms with Crippen LogP contribution in [0, 0.1) is 0 Å². The Labute approximate surface area is 57.1 Å². The summed E-state index contributed by atoms with van der Waals surface area (Å²) in [4.78, 5) is 0. The van der Waals surface area contributed by atoms with Crippen molar-refractivity contribution >= 4 is 27.5 Å². The molecule has 44 valence electrons. The van der Waals surface area contributed by atoms with Gasteiger partial charge in [0.2, 0.25) is 0 Å². The molecule has 0 radical (unpaired) electrons. The van der Waals surface area contributed by atoms with Gasteiger partial charge in [0, 0.05) is 5.33 Å². The highest BCUT2D eigenvalue weighted by molar-refractivity contribution is 9.09. The Morgan fingerprint density at radius 3 is 2.57 bits per heavy atom. The SMILES string of the molecule is CC(CBr)OCCl. The third-order valence-electron chi connectivity index (χ3n) is 0.565. The molecule has 0 saturated heterocycles. The predicted octanol–water partition coefficient (Wildman–Crippen LogP) is 1.98. The molecular formula is C4H8BrClO.